The number of esters is 2. The average Bonchev–Trinajstić information content (AvgIpc) is 3.16. The molecule has 0 spiro atoms. The number of amides is 1. The summed E-state index contributed by atoms with van der Waals surface area (Å²) in [5.41, 5.74) is 0.572. The fourth-order valence-corrected chi connectivity index (χ4v) is 4.41. The monoisotopic (exact) mass is 349 g/mol. The van der Waals surface area contributed by atoms with Crippen molar-refractivity contribution in [3.05, 3.63) is 29.3 Å². The second-order valence-electron chi connectivity index (χ2n) is 6.59. The van der Waals surface area contributed by atoms with Crippen LogP contribution in [-0.2, 0) is 23.9 Å². The van der Waals surface area contributed by atoms with Gasteiger partial charge >= 0.3 is 11.9 Å². The summed E-state index contributed by atoms with van der Waals surface area (Å²) in [6, 6.07) is 6.63. The Kier molecular flexibility index (Phi) is 3.72. The summed E-state index contributed by atoms with van der Waals surface area (Å²) in [6.45, 7) is -0.374. The number of rotatable bonds is 4. The van der Waals surface area contributed by atoms with E-state index in [2.05, 4.69) is 5.32 Å². The topological polar surface area (TPSA) is 81.7 Å². The van der Waals surface area contributed by atoms with Crippen molar-refractivity contribution in [1.29, 1.82) is 0 Å². The molecule has 1 N–H and O–H groups in total. The van der Waals surface area contributed by atoms with E-state index in [1.807, 2.05) is 0 Å². The lowest BCUT2D eigenvalue weighted by Gasteiger charge is -2.22. The summed E-state index contributed by atoms with van der Waals surface area (Å²) in [4.78, 5) is 36.1. The molecule has 2 saturated carbocycles. The van der Waals surface area contributed by atoms with Gasteiger partial charge in [0, 0.05) is 16.6 Å². The first-order valence-electron chi connectivity index (χ1n) is 7.95. The summed E-state index contributed by atoms with van der Waals surface area (Å²) in [5.74, 6) is -1.79. The molecule has 1 aromatic carbocycles. The first kappa shape index (κ1) is 15.4. The molecule has 3 fully saturated rings. The number of hydrogen-bond acceptors (Lipinski definition) is 5. The Morgan fingerprint density at radius 2 is 2.00 bits per heavy atom. The number of ether oxygens (including phenoxy) is 2. The van der Waals surface area contributed by atoms with Gasteiger partial charge in [0.25, 0.3) is 5.91 Å². The summed E-state index contributed by atoms with van der Waals surface area (Å²) in [5, 5.41) is 3.19. The molecule has 1 heterocycles. The Bertz CT molecular complexity index is 701. The molecule has 4 rings (SSSR count). The predicted octanol–water partition coefficient (Wildman–Crippen LogP) is 2.02. The third kappa shape index (κ3) is 2.55. The van der Waals surface area contributed by atoms with E-state index in [0.717, 1.165) is 12.8 Å². The van der Waals surface area contributed by atoms with Gasteiger partial charge in [-0.3, -0.25) is 14.4 Å². The van der Waals surface area contributed by atoms with Crippen molar-refractivity contribution in [2.24, 2.45) is 23.7 Å². The van der Waals surface area contributed by atoms with Crippen molar-refractivity contribution in [1.82, 2.24) is 0 Å². The molecule has 7 heteroatoms. The number of fused-ring (bicyclic) bond motifs is 1. The molecule has 1 aromatic rings. The van der Waals surface area contributed by atoms with Crippen molar-refractivity contribution >= 4 is 35.1 Å². The molecule has 1 amide bonds. The van der Waals surface area contributed by atoms with Crippen LogP contribution in [0.5, 0.6) is 0 Å². The lowest BCUT2D eigenvalue weighted by Crippen LogP contribution is -2.34. The summed E-state index contributed by atoms with van der Waals surface area (Å²) in [6.07, 6.45) is 1.53. The predicted molar refractivity (Wildman–Crippen MR) is 84.1 cm³/mol. The van der Waals surface area contributed by atoms with E-state index in [0.29, 0.717) is 10.7 Å². The highest BCUT2D eigenvalue weighted by Gasteiger charge is 2.64. The van der Waals surface area contributed by atoms with Gasteiger partial charge < -0.3 is 14.8 Å². The van der Waals surface area contributed by atoms with Crippen molar-refractivity contribution in [2.45, 2.75) is 18.9 Å². The van der Waals surface area contributed by atoms with Crippen molar-refractivity contribution in [3.8, 4) is 0 Å². The van der Waals surface area contributed by atoms with Gasteiger partial charge in [0.15, 0.2) is 6.61 Å². The number of benzene rings is 1. The van der Waals surface area contributed by atoms with Crippen molar-refractivity contribution in [3.63, 3.8) is 0 Å². The van der Waals surface area contributed by atoms with Crippen LogP contribution in [0.3, 0.4) is 0 Å². The fourth-order valence-electron chi connectivity index (χ4n) is 4.29. The van der Waals surface area contributed by atoms with Crippen LogP contribution in [0.15, 0.2) is 24.3 Å². The Balaban J connectivity index is 1.33. The Labute approximate surface area is 143 Å². The second kappa shape index (κ2) is 5.77. The molecule has 0 radical (unpaired) electrons. The molecule has 1 aliphatic heterocycles. The van der Waals surface area contributed by atoms with Crippen LogP contribution in [-0.4, -0.2) is 30.6 Å². The van der Waals surface area contributed by atoms with Gasteiger partial charge in [-0.2, -0.15) is 0 Å². The number of nitrogens with one attached hydrogen (secondary N) is 1. The summed E-state index contributed by atoms with van der Waals surface area (Å²) < 4.78 is 10.4. The lowest BCUT2D eigenvalue weighted by molar-refractivity contribution is -0.157. The molecular formula is C17H16ClNO5. The minimum absolute atomic E-state index is 0.0234. The first-order chi connectivity index (χ1) is 11.5. The van der Waals surface area contributed by atoms with E-state index >= 15 is 0 Å². The van der Waals surface area contributed by atoms with Crippen LogP contribution < -0.4 is 5.32 Å². The molecule has 126 valence electrons. The Morgan fingerprint density at radius 3 is 2.75 bits per heavy atom. The quantitative estimate of drug-likeness (QED) is 0.841. The normalized spacial score (nSPS) is 32.5. The number of carbonyl (C=O) groups excluding carboxylic acids is 3. The minimum atomic E-state index is -0.476. The van der Waals surface area contributed by atoms with Gasteiger partial charge in [-0.1, -0.05) is 11.6 Å². The van der Waals surface area contributed by atoms with E-state index in [1.54, 1.807) is 24.3 Å². The molecule has 3 aliphatic rings. The largest absolute Gasteiger partial charge is 0.462 e. The lowest BCUT2D eigenvalue weighted by atomic mass is 9.80. The van der Waals surface area contributed by atoms with Crippen LogP contribution in [0.4, 0.5) is 5.69 Å². The molecule has 1 saturated heterocycles. The molecule has 2 aliphatic carbocycles. The van der Waals surface area contributed by atoms with E-state index in [-0.39, 0.29) is 36.4 Å². The zero-order valence-corrected chi connectivity index (χ0v) is 13.5. The van der Waals surface area contributed by atoms with Gasteiger partial charge in [0.05, 0.1) is 11.8 Å². The van der Waals surface area contributed by atoms with Crippen LogP contribution in [0.25, 0.3) is 0 Å². The van der Waals surface area contributed by atoms with E-state index in [4.69, 9.17) is 21.1 Å². The van der Waals surface area contributed by atoms with Crippen LogP contribution in [0.2, 0.25) is 5.02 Å². The second-order valence-corrected chi connectivity index (χ2v) is 7.02. The zero-order valence-electron chi connectivity index (χ0n) is 12.7. The third-order valence-electron chi connectivity index (χ3n) is 5.23. The number of hydrogen-bond donors (Lipinski definition) is 1. The molecule has 24 heavy (non-hydrogen) atoms. The van der Waals surface area contributed by atoms with Crippen molar-refractivity contribution < 1.29 is 23.9 Å². The molecule has 2 bridgehead atoms. The number of anilines is 1. The maximum absolute atomic E-state index is 12.3. The molecule has 6 nitrogen and oxygen atoms in total. The average molecular weight is 350 g/mol. The van der Waals surface area contributed by atoms with Gasteiger partial charge in [-0.15, -0.1) is 0 Å². The Morgan fingerprint density at radius 1 is 1.25 bits per heavy atom. The highest BCUT2D eigenvalue weighted by atomic mass is 35.5. The van der Waals surface area contributed by atoms with Gasteiger partial charge in [0.1, 0.15) is 6.10 Å². The summed E-state index contributed by atoms with van der Waals surface area (Å²) >= 11 is 5.78. The Hall–Kier alpha value is -2.08. The van der Waals surface area contributed by atoms with Gasteiger partial charge in [-0.25, -0.2) is 0 Å². The standard InChI is InChI=1S/C17H16ClNO5/c18-9-1-3-10(4-2-9)19-13(20)7-23-16(21)14-8-5-11-12(6-8)24-17(22)15(11)14/h1-4,8,11-12,14-15H,5-7H2,(H,19,20)/t8-,11-,12-,14+,15+/m1/s1. The number of carbonyl (C=O) groups is 3. The van der Waals surface area contributed by atoms with Gasteiger partial charge in [-0.05, 0) is 43.0 Å². The van der Waals surface area contributed by atoms with Crippen LogP contribution in [0, 0.1) is 23.7 Å². The molecule has 0 unspecified atom stereocenters. The van der Waals surface area contributed by atoms with E-state index in [1.165, 1.54) is 0 Å². The third-order valence-corrected chi connectivity index (χ3v) is 5.48. The highest BCUT2D eigenvalue weighted by Crippen LogP contribution is 2.57. The SMILES string of the molecule is O=C(COC(=O)[C@H]1[C@@H]2C[C@H]3[C@@H]1C(=O)O[C@@H]3C2)Nc1ccc(Cl)cc1. The fraction of sp³-hybridized carbons (Fsp3) is 0.471. The van der Waals surface area contributed by atoms with Crippen LogP contribution >= 0.6 is 11.6 Å². The first-order valence-corrected chi connectivity index (χ1v) is 8.33. The number of halogens is 1. The van der Waals surface area contributed by atoms with Crippen molar-refractivity contribution in [2.75, 3.05) is 11.9 Å². The summed E-state index contributed by atoms with van der Waals surface area (Å²) in [7, 11) is 0. The van der Waals surface area contributed by atoms with Gasteiger partial charge in [0.2, 0.25) is 0 Å². The molecule has 0 aromatic heterocycles. The maximum Gasteiger partial charge on any atom is 0.310 e. The van der Waals surface area contributed by atoms with E-state index in [9.17, 15) is 14.4 Å². The minimum Gasteiger partial charge on any atom is -0.462 e. The van der Waals surface area contributed by atoms with E-state index < -0.39 is 17.8 Å². The highest BCUT2D eigenvalue weighted by molar-refractivity contribution is 6.30. The van der Waals surface area contributed by atoms with Crippen LogP contribution in [0.1, 0.15) is 12.8 Å². The molecular weight excluding hydrogens is 334 g/mol. The zero-order chi connectivity index (χ0) is 16.8. The molecule has 5 atom stereocenters. The smallest absolute Gasteiger partial charge is 0.310 e. The maximum atomic E-state index is 12.3.